The molecule has 2 aliphatic rings. The van der Waals surface area contributed by atoms with Gasteiger partial charge in [0.2, 0.25) is 0 Å². The molecular weight excluding hydrogens is 1000 g/mol. The first-order chi connectivity index (χ1) is 40.6. The molecule has 4 heterocycles. The molecule has 0 saturated heterocycles. The van der Waals surface area contributed by atoms with Crippen molar-refractivity contribution in [1.29, 1.82) is 0 Å². The van der Waals surface area contributed by atoms with Gasteiger partial charge in [-0.15, -0.1) is 0 Å². The average molecular weight is 1040 g/mol. The van der Waals surface area contributed by atoms with E-state index >= 15 is 0 Å². The third-order valence-electron chi connectivity index (χ3n) is 16.9. The molecule has 0 radical (unpaired) electrons. The Labute approximate surface area is 468 Å². The third-order valence-corrected chi connectivity index (χ3v) is 16.9. The first kappa shape index (κ1) is 44.7. The first-order valence-electron chi connectivity index (χ1n) is 27.5. The lowest BCUT2D eigenvalue weighted by molar-refractivity contribution is 1.06. The van der Waals surface area contributed by atoms with E-state index in [1.165, 1.54) is 76.8 Å². The summed E-state index contributed by atoms with van der Waals surface area (Å²) in [7, 11) is 0. The van der Waals surface area contributed by atoms with Crippen LogP contribution in [0.3, 0.4) is 0 Å². The smallest absolute Gasteiger partial charge is 0.181 e. The molecule has 0 amide bonds. The highest BCUT2D eigenvalue weighted by atomic mass is 15.0. The van der Waals surface area contributed by atoms with Crippen LogP contribution in [0.15, 0.2) is 243 Å². The van der Waals surface area contributed by atoms with Gasteiger partial charge < -0.3 is 0 Å². The van der Waals surface area contributed by atoms with Crippen molar-refractivity contribution in [3.63, 3.8) is 0 Å². The van der Waals surface area contributed by atoms with Gasteiger partial charge in [-0.25, -0.2) is 34.9 Å². The van der Waals surface area contributed by atoms with E-state index in [0.29, 0.717) is 34.8 Å². The summed E-state index contributed by atoms with van der Waals surface area (Å²) in [6, 6.07) is 82.4. The molecular formula is C74H40N8. The molecule has 0 spiro atoms. The van der Waals surface area contributed by atoms with Crippen LogP contribution in [0.2, 0.25) is 0 Å². The minimum Gasteiger partial charge on any atom is -0.254 e. The van der Waals surface area contributed by atoms with Crippen LogP contribution in [0.1, 0.15) is 0 Å². The zero-order chi connectivity index (χ0) is 53.6. The van der Waals surface area contributed by atoms with Crippen molar-refractivity contribution >= 4 is 75.7 Å². The maximum atomic E-state index is 5.32. The predicted octanol–water partition coefficient (Wildman–Crippen LogP) is 18.2. The largest absolute Gasteiger partial charge is 0.254 e. The summed E-state index contributed by atoms with van der Waals surface area (Å²) in [6.45, 7) is 0. The number of hydrogen-bond acceptors (Lipinski definition) is 8. The Morgan fingerprint density at radius 1 is 0.220 bits per heavy atom. The molecule has 0 unspecified atom stereocenters. The molecule has 16 aromatic rings. The fourth-order valence-corrected chi connectivity index (χ4v) is 13.0. The van der Waals surface area contributed by atoms with E-state index in [1.54, 1.807) is 12.5 Å². The van der Waals surface area contributed by atoms with Gasteiger partial charge in [-0.2, -0.15) is 0 Å². The number of pyridine rings is 2. The molecule has 12 aromatic carbocycles. The van der Waals surface area contributed by atoms with E-state index in [4.69, 9.17) is 29.9 Å². The van der Waals surface area contributed by atoms with Gasteiger partial charge in [0.15, 0.2) is 29.1 Å². The highest BCUT2D eigenvalue weighted by Gasteiger charge is 2.27. The summed E-state index contributed by atoms with van der Waals surface area (Å²) < 4.78 is 0. The summed E-state index contributed by atoms with van der Waals surface area (Å²) in [5, 5.41) is 13.8. The van der Waals surface area contributed by atoms with Crippen LogP contribution in [0.5, 0.6) is 0 Å². The number of nitrogens with zero attached hydrogens (tertiary/aromatic N) is 8. The van der Waals surface area contributed by atoms with Crippen molar-refractivity contribution in [3.05, 3.63) is 243 Å². The van der Waals surface area contributed by atoms with Crippen LogP contribution >= 0.6 is 0 Å². The summed E-state index contributed by atoms with van der Waals surface area (Å²) in [6.07, 6.45) is 3.39. The molecule has 0 aliphatic heterocycles. The van der Waals surface area contributed by atoms with Crippen LogP contribution in [0, 0.1) is 0 Å². The molecule has 0 fully saturated rings. The lowest BCUT2D eigenvalue weighted by Crippen LogP contribution is -2.00. The fraction of sp³-hybridized carbons (Fsp3) is 0. The van der Waals surface area contributed by atoms with Crippen molar-refractivity contribution < 1.29 is 0 Å². The summed E-state index contributed by atoms with van der Waals surface area (Å²) in [5.74, 6) is 3.02. The van der Waals surface area contributed by atoms with Crippen LogP contribution in [-0.2, 0) is 0 Å². The molecule has 0 atom stereocenters. The predicted molar refractivity (Wildman–Crippen MR) is 333 cm³/mol. The van der Waals surface area contributed by atoms with Gasteiger partial charge in [0.05, 0.1) is 11.0 Å². The second-order valence-electron chi connectivity index (χ2n) is 21.5. The van der Waals surface area contributed by atoms with Crippen molar-refractivity contribution in [2.75, 3.05) is 0 Å². The molecule has 376 valence electrons. The van der Waals surface area contributed by atoms with Crippen molar-refractivity contribution in [3.8, 4) is 113 Å². The highest BCUT2D eigenvalue weighted by Crippen LogP contribution is 2.52. The molecule has 0 saturated carbocycles. The van der Waals surface area contributed by atoms with Crippen LogP contribution in [-0.4, -0.2) is 39.9 Å². The normalized spacial score (nSPS) is 12.1. The van der Waals surface area contributed by atoms with Crippen molar-refractivity contribution in [2.24, 2.45) is 0 Å². The molecule has 0 bridgehead atoms. The third kappa shape index (κ3) is 6.79. The maximum absolute atomic E-state index is 5.32. The van der Waals surface area contributed by atoms with E-state index in [-0.39, 0.29) is 0 Å². The number of rotatable bonds is 6. The monoisotopic (exact) mass is 1040 g/mol. The van der Waals surface area contributed by atoms with Crippen molar-refractivity contribution in [1.82, 2.24) is 39.9 Å². The zero-order valence-corrected chi connectivity index (χ0v) is 43.7. The molecule has 0 N–H and O–H groups in total. The number of benzene rings is 12. The minimum atomic E-state index is 0.514. The summed E-state index contributed by atoms with van der Waals surface area (Å²) in [4.78, 5) is 39.8. The molecule has 2 aliphatic carbocycles. The molecule has 8 nitrogen and oxygen atoms in total. The van der Waals surface area contributed by atoms with Crippen molar-refractivity contribution in [2.45, 2.75) is 0 Å². The summed E-state index contributed by atoms with van der Waals surface area (Å²) in [5.41, 5.74) is 18.2. The molecule has 8 heteroatoms. The lowest BCUT2D eigenvalue weighted by Gasteiger charge is -2.12. The Hall–Kier alpha value is -11.2. The SMILES string of the molecule is c1ccc(-c2nc(-c3ccc4ccc(-c5ccc6cc7c(cc6c5)-c5ccc(-c6ncnc(-c8ccc9ccc%10cccnc%10c9n8)n6)c6cccc-7c56)cc4c3)nc(-c3ccc4c5c(cccc35)-c3cc5ccccc5cc3-4)n2)cc1. The van der Waals surface area contributed by atoms with E-state index in [0.717, 1.165) is 76.7 Å². The summed E-state index contributed by atoms with van der Waals surface area (Å²) >= 11 is 0. The van der Waals surface area contributed by atoms with Gasteiger partial charge >= 0.3 is 0 Å². The van der Waals surface area contributed by atoms with Gasteiger partial charge in [0.25, 0.3) is 0 Å². The van der Waals surface area contributed by atoms with Gasteiger partial charge in [-0.1, -0.05) is 164 Å². The Balaban J connectivity index is 0.697. The topological polar surface area (TPSA) is 103 Å². The van der Waals surface area contributed by atoms with E-state index < -0.39 is 0 Å². The Kier molecular flexibility index (Phi) is 9.35. The van der Waals surface area contributed by atoms with E-state index in [2.05, 4.69) is 210 Å². The lowest BCUT2D eigenvalue weighted by atomic mass is 9.94. The van der Waals surface area contributed by atoms with Gasteiger partial charge in [0.1, 0.15) is 12.0 Å². The van der Waals surface area contributed by atoms with Crippen LogP contribution in [0.25, 0.3) is 188 Å². The Morgan fingerprint density at radius 2 is 0.695 bits per heavy atom. The maximum Gasteiger partial charge on any atom is 0.181 e. The molecule has 82 heavy (non-hydrogen) atoms. The average Bonchev–Trinajstić information content (AvgIpc) is 3.86. The van der Waals surface area contributed by atoms with Gasteiger partial charge in [-0.05, 0) is 176 Å². The van der Waals surface area contributed by atoms with Crippen LogP contribution < -0.4 is 0 Å². The standard InChI is InChI=1S/C74H40N8/c1-2-9-44(10-3-1)70-79-71(81-73(80-70)60-30-28-57-63-37-46-12-5-4-11-45(46)36-61(63)55-17-7-15-54(60)67(55)57)50-25-19-41-18-22-47(33-51(41)35-50)48-23-24-49-38-62-56-16-6-14-53-59(29-27-58(66(53)56)64(62)39-52(49)34-48)72-76-40-77-74(82-72)65-31-26-43-21-20-42-13-8-32-75-68(42)69(43)78-65/h1-40H. The van der Waals surface area contributed by atoms with E-state index in [1.807, 2.05) is 30.3 Å². The second-order valence-corrected chi connectivity index (χ2v) is 21.5. The number of hydrogen-bond donors (Lipinski definition) is 0. The number of fused-ring (bicyclic) bond motifs is 12. The van der Waals surface area contributed by atoms with Gasteiger partial charge in [-0.3, -0.25) is 4.98 Å². The second kappa shape index (κ2) is 17.1. The molecule has 18 rings (SSSR count). The Bertz CT molecular complexity index is 5430. The molecule has 4 aromatic heterocycles. The van der Waals surface area contributed by atoms with Gasteiger partial charge in [0, 0.05) is 39.2 Å². The Morgan fingerprint density at radius 3 is 1.39 bits per heavy atom. The zero-order valence-electron chi connectivity index (χ0n) is 43.7. The van der Waals surface area contributed by atoms with Crippen LogP contribution in [0.4, 0.5) is 0 Å². The fourth-order valence-electron chi connectivity index (χ4n) is 13.0. The number of aromatic nitrogens is 8. The van der Waals surface area contributed by atoms with E-state index in [9.17, 15) is 0 Å². The first-order valence-corrected chi connectivity index (χ1v) is 27.5. The quantitative estimate of drug-likeness (QED) is 0.152. The highest BCUT2D eigenvalue weighted by molar-refractivity contribution is 6.21. The minimum absolute atomic E-state index is 0.514.